The molecule has 0 saturated heterocycles. The summed E-state index contributed by atoms with van der Waals surface area (Å²) in [7, 11) is 2.24. The van der Waals surface area contributed by atoms with Gasteiger partial charge < -0.3 is 4.90 Å². The topological polar surface area (TPSA) is 3.24 Å². The molecule has 1 nitrogen and oxygen atoms in total. The smallest absolute Gasteiger partial charge is 0.0104 e. The molecule has 0 aliphatic rings. The summed E-state index contributed by atoms with van der Waals surface area (Å²) >= 11 is 0. The molecule has 0 heterocycles. The molecule has 3 aromatic carbocycles. The van der Waals surface area contributed by atoms with Crippen LogP contribution in [-0.4, -0.2) is 24.5 Å². The molecule has 3 rings (SSSR count). The van der Waals surface area contributed by atoms with E-state index in [9.17, 15) is 0 Å². The van der Waals surface area contributed by atoms with Crippen LogP contribution in [0.2, 0.25) is 0 Å². The maximum absolute atomic E-state index is 2.48. The molecule has 1 unspecified atom stereocenters. The van der Waals surface area contributed by atoms with E-state index in [1.54, 1.807) is 0 Å². The second kappa shape index (κ2) is 8.12. The first kappa shape index (κ1) is 16.7. The van der Waals surface area contributed by atoms with Crippen LogP contribution in [0.15, 0.2) is 72.8 Å². The van der Waals surface area contributed by atoms with Crippen LogP contribution >= 0.6 is 0 Å². The first-order valence-electron chi connectivity index (χ1n) is 8.94. The number of nitrogens with zero attached hydrogens (tertiary/aromatic N) is 1. The summed E-state index contributed by atoms with van der Waals surface area (Å²) in [5.74, 6) is 0. The van der Waals surface area contributed by atoms with Gasteiger partial charge in [0.2, 0.25) is 0 Å². The Morgan fingerprint density at radius 2 is 1.50 bits per heavy atom. The Kier molecular flexibility index (Phi) is 5.66. The van der Waals surface area contributed by atoms with Crippen LogP contribution in [0.5, 0.6) is 0 Å². The van der Waals surface area contributed by atoms with Crippen molar-refractivity contribution < 1.29 is 0 Å². The molecule has 3 aromatic rings. The number of rotatable bonds is 7. The highest BCUT2D eigenvalue weighted by Crippen LogP contribution is 2.17. The summed E-state index contributed by atoms with van der Waals surface area (Å²) in [6, 6.07) is 26.8. The van der Waals surface area contributed by atoms with E-state index in [1.165, 1.54) is 28.3 Å². The third kappa shape index (κ3) is 4.46. The quantitative estimate of drug-likeness (QED) is 0.569. The molecule has 0 bridgehead atoms. The zero-order valence-electron chi connectivity index (χ0n) is 14.8. The van der Waals surface area contributed by atoms with Crippen LogP contribution in [0.1, 0.15) is 24.5 Å². The number of hydrogen-bond acceptors (Lipinski definition) is 1. The molecule has 0 aromatic heterocycles. The molecule has 1 heteroatoms. The number of fused-ring (bicyclic) bond motifs is 1. The zero-order chi connectivity index (χ0) is 16.8. The van der Waals surface area contributed by atoms with Gasteiger partial charge in [0.1, 0.15) is 0 Å². The summed E-state index contributed by atoms with van der Waals surface area (Å²) in [4.78, 5) is 2.48. The molecule has 0 aliphatic heterocycles. The third-order valence-corrected chi connectivity index (χ3v) is 4.92. The Morgan fingerprint density at radius 3 is 2.29 bits per heavy atom. The van der Waals surface area contributed by atoms with Gasteiger partial charge in [0.25, 0.3) is 0 Å². The van der Waals surface area contributed by atoms with Gasteiger partial charge in [-0.25, -0.2) is 0 Å². The minimum atomic E-state index is 0.573. The van der Waals surface area contributed by atoms with E-state index in [0.717, 1.165) is 19.4 Å². The molecule has 1 atom stereocenters. The fraction of sp³-hybridized carbons (Fsp3) is 0.304. The van der Waals surface area contributed by atoms with Gasteiger partial charge in [-0.1, -0.05) is 72.8 Å². The Bertz CT molecular complexity index is 763. The van der Waals surface area contributed by atoms with Crippen molar-refractivity contribution in [3.8, 4) is 0 Å². The minimum absolute atomic E-state index is 0.573. The minimum Gasteiger partial charge on any atom is -0.303 e. The normalized spacial score (nSPS) is 12.6. The SMILES string of the molecule is CC(Cc1ccccc1)N(C)CCCc1ccc2ccccc2c1. The van der Waals surface area contributed by atoms with Gasteiger partial charge in [-0.05, 0) is 61.7 Å². The van der Waals surface area contributed by atoms with Gasteiger partial charge >= 0.3 is 0 Å². The molecule has 0 saturated carbocycles. The predicted molar refractivity (Wildman–Crippen MR) is 105 cm³/mol. The Morgan fingerprint density at radius 1 is 0.792 bits per heavy atom. The van der Waals surface area contributed by atoms with Crippen molar-refractivity contribution in [2.45, 2.75) is 32.2 Å². The van der Waals surface area contributed by atoms with E-state index in [2.05, 4.69) is 91.7 Å². The van der Waals surface area contributed by atoms with Gasteiger partial charge in [0.05, 0.1) is 0 Å². The van der Waals surface area contributed by atoms with Crippen molar-refractivity contribution in [2.24, 2.45) is 0 Å². The molecule has 0 radical (unpaired) electrons. The summed E-state index contributed by atoms with van der Waals surface area (Å²) in [6.07, 6.45) is 3.47. The Hall–Kier alpha value is -2.12. The highest BCUT2D eigenvalue weighted by atomic mass is 15.1. The maximum Gasteiger partial charge on any atom is 0.0104 e. The average molecular weight is 317 g/mol. The highest BCUT2D eigenvalue weighted by Gasteiger charge is 2.09. The van der Waals surface area contributed by atoms with Crippen molar-refractivity contribution in [1.82, 2.24) is 4.90 Å². The number of benzene rings is 3. The zero-order valence-corrected chi connectivity index (χ0v) is 14.8. The van der Waals surface area contributed by atoms with Crippen LogP contribution in [0, 0.1) is 0 Å². The first-order valence-corrected chi connectivity index (χ1v) is 8.94. The molecule has 0 N–H and O–H groups in total. The van der Waals surface area contributed by atoms with Crippen molar-refractivity contribution >= 4 is 10.8 Å². The van der Waals surface area contributed by atoms with Crippen molar-refractivity contribution in [3.63, 3.8) is 0 Å². The Balaban J connectivity index is 1.49. The predicted octanol–water partition coefficient (Wildman–Crippen LogP) is 5.34. The third-order valence-electron chi connectivity index (χ3n) is 4.92. The Labute approximate surface area is 145 Å². The molecule has 124 valence electrons. The van der Waals surface area contributed by atoms with E-state index < -0.39 is 0 Å². The molecule has 24 heavy (non-hydrogen) atoms. The number of hydrogen-bond donors (Lipinski definition) is 0. The van der Waals surface area contributed by atoms with Crippen LogP contribution < -0.4 is 0 Å². The lowest BCUT2D eigenvalue weighted by Gasteiger charge is -2.24. The van der Waals surface area contributed by atoms with Crippen LogP contribution in [0.25, 0.3) is 10.8 Å². The van der Waals surface area contributed by atoms with E-state index in [1.807, 2.05) is 0 Å². The lowest BCUT2D eigenvalue weighted by molar-refractivity contribution is 0.253. The summed E-state index contributed by atoms with van der Waals surface area (Å²) in [5.41, 5.74) is 2.86. The van der Waals surface area contributed by atoms with E-state index in [4.69, 9.17) is 0 Å². The van der Waals surface area contributed by atoms with E-state index in [0.29, 0.717) is 6.04 Å². The molecule has 0 spiro atoms. The van der Waals surface area contributed by atoms with Gasteiger partial charge in [0.15, 0.2) is 0 Å². The monoisotopic (exact) mass is 317 g/mol. The largest absolute Gasteiger partial charge is 0.303 e. The van der Waals surface area contributed by atoms with Gasteiger partial charge in [-0.3, -0.25) is 0 Å². The standard InChI is InChI=1S/C23H27N/c1-19(17-20-9-4-3-5-10-20)24(2)16-8-11-21-14-15-22-12-6-7-13-23(22)18-21/h3-7,9-10,12-15,18-19H,8,11,16-17H2,1-2H3. The van der Waals surface area contributed by atoms with Crippen molar-refractivity contribution in [2.75, 3.05) is 13.6 Å². The molecule has 0 aliphatic carbocycles. The van der Waals surface area contributed by atoms with Crippen molar-refractivity contribution in [3.05, 3.63) is 83.9 Å². The van der Waals surface area contributed by atoms with Gasteiger partial charge in [-0.15, -0.1) is 0 Å². The second-order valence-corrected chi connectivity index (χ2v) is 6.80. The summed E-state index contributed by atoms with van der Waals surface area (Å²) < 4.78 is 0. The molecular formula is C23H27N. The highest BCUT2D eigenvalue weighted by molar-refractivity contribution is 5.82. The number of likely N-dealkylation sites (N-methyl/N-ethyl adjacent to an activating group) is 1. The lowest BCUT2D eigenvalue weighted by Crippen LogP contribution is -2.32. The van der Waals surface area contributed by atoms with Crippen LogP contribution in [0.3, 0.4) is 0 Å². The number of aryl methyl sites for hydroxylation is 1. The van der Waals surface area contributed by atoms with Gasteiger partial charge in [-0.2, -0.15) is 0 Å². The molecule has 0 amide bonds. The van der Waals surface area contributed by atoms with Crippen LogP contribution in [-0.2, 0) is 12.8 Å². The second-order valence-electron chi connectivity index (χ2n) is 6.80. The molecular weight excluding hydrogens is 290 g/mol. The fourth-order valence-corrected chi connectivity index (χ4v) is 3.26. The first-order chi connectivity index (χ1) is 11.7. The summed E-state index contributed by atoms with van der Waals surface area (Å²) in [5, 5.41) is 2.68. The molecule has 0 fully saturated rings. The van der Waals surface area contributed by atoms with Crippen LogP contribution in [0.4, 0.5) is 0 Å². The fourth-order valence-electron chi connectivity index (χ4n) is 3.26. The van der Waals surface area contributed by atoms with E-state index in [-0.39, 0.29) is 0 Å². The lowest BCUT2D eigenvalue weighted by atomic mass is 10.0. The average Bonchev–Trinajstić information content (AvgIpc) is 2.62. The van der Waals surface area contributed by atoms with E-state index >= 15 is 0 Å². The van der Waals surface area contributed by atoms with Crippen molar-refractivity contribution in [1.29, 1.82) is 0 Å². The summed E-state index contributed by atoms with van der Waals surface area (Å²) in [6.45, 7) is 3.46. The van der Waals surface area contributed by atoms with Gasteiger partial charge in [0, 0.05) is 6.04 Å². The maximum atomic E-state index is 2.48.